The van der Waals surface area contributed by atoms with E-state index in [0.29, 0.717) is 29.0 Å². The number of allylic oxidation sites excluding steroid dienone is 1. The molecule has 11 heteroatoms. The number of thioether (sulfide) groups is 1. The van der Waals surface area contributed by atoms with Crippen LogP contribution in [0.5, 0.6) is 11.5 Å². The van der Waals surface area contributed by atoms with Crippen LogP contribution in [0, 0.1) is 0 Å². The molecule has 0 aliphatic carbocycles. The molecule has 1 aromatic heterocycles. The van der Waals surface area contributed by atoms with E-state index in [9.17, 15) is 18.0 Å². The molecule has 3 aromatic rings. The van der Waals surface area contributed by atoms with Gasteiger partial charge < -0.3 is 14.8 Å². The summed E-state index contributed by atoms with van der Waals surface area (Å²) in [5.74, 6) is 1.07. The molecule has 0 aliphatic rings. The first kappa shape index (κ1) is 25.2. The summed E-state index contributed by atoms with van der Waals surface area (Å²) in [5, 5.41) is 11.1. The number of para-hydroxylation sites is 1. The number of carbonyl (C=O) groups is 1. The topological polar surface area (TPSA) is 78.3 Å². The predicted octanol–water partition coefficient (Wildman–Crippen LogP) is 5.36. The number of ether oxygens (including phenoxy) is 2. The molecule has 0 saturated carbocycles. The number of nitrogens with zero attached hydrogens (tertiary/aromatic N) is 3. The third kappa shape index (κ3) is 6.31. The Hall–Kier alpha value is -3.47. The molecule has 2 aromatic carbocycles. The molecule has 0 saturated heterocycles. The molecule has 1 amide bonds. The zero-order chi connectivity index (χ0) is 24.7. The van der Waals surface area contributed by atoms with E-state index in [0.717, 1.165) is 17.8 Å². The predicted molar refractivity (Wildman–Crippen MR) is 123 cm³/mol. The molecule has 0 spiro atoms. The quantitative estimate of drug-likeness (QED) is 0.303. The fourth-order valence-electron chi connectivity index (χ4n) is 3.08. The molecule has 1 unspecified atom stereocenters. The van der Waals surface area contributed by atoms with Crippen molar-refractivity contribution in [1.82, 2.24) is 14.8 Å². The average Bonchev–Trinajstić information content (AvgIpc) is 3.21. The van der Waals surface area contributed by atoms with E-state index in [-0.39, 0.29) is 11.4 Å². The number of rotatable bonds is 10. The lowest BCUT2D eigenvalue weighted by molar-refractivity contribution is -0.137. The van der Waals surface area contributed by atoms with Crippen LogP contribution in [0.25, 0.3) is 0 Å². The van der Waals surface area contributed by atoms with Crippen LogP contribution in [0.3, 0.4) is 0 Å². The lowest BCUT2D eigenvalue weighted by Gasteiger charge is -2.16. The van der Waals surface area contributed by atoms with E-state index in [1.165, 1.54) is 18.2 Å². The molecule has 34 heavy (non-hydrogen) atoms. The van der Waals surface area contributed by atoms with Crippen LogP contribution < -0.4 is 14.8 Å². The van der Waals surface area contributed by atoms with E-state index in [1.54, 1.807) is 42.0 Å². The van der Waals surface area contributed by atoms with Gasteiger partial charge in [0.1, 0.15) is 11.5 Å². The largest absolute Gasteiger partial charge is 0.497 e. The van der Waals surface area contributed by atoms with E-state index in [2.05, 4.69) is 22.1 Å². The smallest absolute Gasteiger partial charge is 0.418 e. The van der Waals surface area contributed by atoms with Crippen LogP contribution >= 0.6 is 11.8 Å². The van der Waals surface area contributed by atoms with Gasteiger partial charge in [0.05, 0.1) is 24.1 Å². The Labute approximate surface area is 199 Å². The summed E-state index contributed by atoms with van der Waals surface area (Å²) in [6.07, 6.45) is -3.39. The van der Waals surface area contributed by atoms with Gasteiger partial charge in [-0.15, -0.1) is 16.8 Å². The van der Waals surface area contributed by atoms with E-state index in [1.807, 2.05) is 6.92 Å². The van der Waals surface area contributed by atoms with Crippen LogP contribution in [0.2, 0.25) is 0 Å². The van der Waals surface area contributed by atoms with Crippen molar-refractivity contribution < 1.29 is 27.4 Å². The third-order valence-electron chi connectivity index (χ3n) is 4.63. The number of hydrogen-bond donors (Lipinski definition) is 1. The highest BCUT2D eigenvalue weighted by Crippen LogP contribution is 2.34. The minimum absolute atomic E-state index is 0.158. The lowest BCUT2D eigenvalue weighted by atomic mass is 10.1. The van der Waals surface area contributed by atoms with Gasteiger partial charge in [0.25, 0.3) is 0 Å². The molecule has 0 radical (unpaired) electrons. The average molecular weight is 493 g/mol. The molecular formula is C23H23F3N4O3S. The zero-order valence-electron chi connectivity index (χ0n) is 18.5. The number of halogens is 3. The number of carbonyl (C=O) groups excluding carboxylic acids is 1. The van der Waals surface area contributed by atoms with Gasteiger partial charge in [0, 0.05) is 6.54 Å². The summed E-state index contributed by atoms with van der Waals surface area (Å²) in [6, 6.07) is 11.9. The molecule has 0 aliphatic heterocycles. The Morgan fingerprint density at radius 1 is 1.18 bits per heavy atom. The van der Waals surface area contributed by atoms with Gasteiger partial charge in [-0.25, -0.2) is 0 Å². The first-order valence-electron chi connectivity index (χ1n) is 10.2. The van der Waals surface area contributed by atoms with E-state index >= 15 is 0 Å². The molecule has 0 bridgehead atoms. The second kappa shape index (κ2) is 11.1. The molecule has 7 nitrogen and oxygen atoms in total. The molecular weight excluding hydrogens is 469 g/mol. The summed E-state index contributed by atoms with van der Waals surface area (Å²) in [7, 11) is 1.57. The maximum atomic E-state index is 13.2. The lowest BCUT2D eigenvalue weighted by Crippen LogP contribution is -2.18. The first-order valence-corrected chi connectivity index (χ1v) is 11.1. The normalized spacial score (nSPS) is 12.1. The number of aromatic nitrogens is 3. The second-order valence-electron chi connectivity index (χ2n) is 7.06. The second-order valence-corrected chi connectivity index (χ2v) is 8.00. The van der Waals surface area contributed by atoms with Gasteiger partial charge in [-0.3, -0.25) is 9.36 Å². The van der Waals surface area contributed by atoms with Crippen LogP contribution in [0.1, 0.15) is 24.4 Å². The van der Waals surface area contributed by atoms with Crippen molar-refractivity contribution in [1.29, 1.82) is 0 Å². The summed E-state index contributed by atoms with van der Waals surface area (Å²) in [6.45, 7) is 5.91. The molecule has 1 atom stereocenters. The molecule has 1 N–H and O–H groups in total. The Morgan fingerprint density at radius 2 is 1.85 bits per heavy atom. The van der Waals surface area contributed by atoms with Gasteiger partial charge in [-0.05, 0) is 43.3 Å². The standard InChI is InChI=1S/C23H23F3N4O3S/c1-4-13-30-21(15(2)33-17-11-9-16(32-3)10-12-17)28-29-22(30)34-14-20(31)27-19-8-6-5-7-18(19)23(24,25)26/h4-12,15H,1,13-14H2,2-3H3,(H,27,31). The number of hydrogen-bond acceptors (Lipinski definition) is 6. The molecule has 3 rings (SSSR count). The maximum Gasteiger partial charge on any atom is 0.418 e. The minimum atomic E-state index is -4.57. The SMILES string of the molecule is C=CCn1c(SCC(=O)Nc2ccccc2C(F)(F)F)nnc1C(C)Oc1ccc(OC)cc1. The summed E-state index contributed by atoms with van der Waals surface area (Å²) in [5.41, 5.74) is -1.20. The van der Waals surface area contributed by atoms with Crippen molar-refractivity contribution in [2.24, 2.45) is 0 Å². The fourth-order valence-corrected chi connectivity index (χ4v) is 3.83. The van der Waals surface area contributed by atoms with Crippen LogP contribution in [0.4, 0.5) is 18.9 Å². The van der Waals surface area contributed by atoms with Gasteiger partial charge in [0.2, 0.25) is 5.91 Å². The van der Waals surface area contributed by atoms with Crippen molar-refractivity contribution in [3.8, 4) is 11.5 Å². The molecule has 1 heterocycles. The summed E-state index contributed by atoms with van der Waals surface area (Å²) >= 11 is 1.05. The van der Waals surface area contributed by atoms with Gasteiger partial charge in [0.15, 0.2) is 17.1 Å². The number of amides is 1. The Balaban J connectivity index is 1.68. The number of benzene rings is 2. The molecule has 180 valence electrons. The Kier molecular flexibility index (Phi) is 8.21. The Morgan fingerprint density at radius 3 is 2.50 bits per heavy atom. The number of methoxy groups -OCH3 is 1. The van der Waals surface area contributed by atoms with Crippen molar-refractivity contribution in [3.63, 3.8) is 0 Å². The highest BCUT2D eigenvalue weighted by atomic mass is 32.2. The fraction of sp³-hybridized carbons (Fsp3) is 0.261. The van der Waals surface area contributed by atoms with Crippen molar-refractivity contribution in [2.45, 2.75) is 30.9 Å². The van der Waals surface area contributed by atoms with Crippen LogP contribution in [-0.2, 0) is 17.5 Å². The zero-order valence-corrected chi connectivity index (χ0v) is 19.3. The van der Waals surface area contributed by atoms with Crippen molar-refractivity contribution >= 4 is 23.4 Å². The van der Waals surface area contributed by atoms with E-state index < -0.39 is 23.8 Å². The van der Waals surface area contributed by atoms with Crippen molar-refractivity contribution in [3.05, 3.63) is 72.6 Å². The highest BCUT2D eigenvalue weighted by molar-refractivity contribution is 7.99. The van der Waals surface area contributed by atoms with Crippen LogP contribution in [-0.4, -0.2) is 33.5 Å². The third-order valence-corrected chi connectivity index (χ3v) is 5.60. The molecule has 0 fully saturated rings. The van der Waals surface area contributed by atoms with E-state index in [4.69, 9.17) is 9.47 Å². The monoisotopic (exact) mass is 492 g/mol. The van der Waals surface area contributed by atoms with Gasteiger partial charge in [-0.1, -0.05) is 30.0 Å². The number of nitrogens with one attached hydrogen (secondary N) is 1. The summed E-state index contributed by atoms with van der Waals surface area (Å²) in [4.78, 5) is 12.4. The first-order chi connectivity index (χ1) is 16.2. The minimum Gasteiger partial charge on any atom is -0.497 e. The number of alkyl halides is 3. The van der Waals surface area contributed by atoms with Gasteiger partial charge >= 0.3 is 6.18 Å². The Bertz CT molecular complexity index is 1130. The van der Waals surface area contributed by atoms with Gasteiger partial charge in [-0.2, -0.15) is 13.2 Å². The maximum absolute atomic E-state index is 13.2. The highest BCUT2D eigenvalue weighted by Gasteiger charge is 2.33. The van der Waals surface area contributed by atoms with Crippen LogP contribution in [0.15, 0.2) is 66.3 Å². The summed E-state index contributed by atoms with van der Waals surface area (Å²) < 4.78 is 52.3. The van der Waals surface area contributed by atoms with Crippen molar-refractivity contribution in [2.75, 3.05) is 18.2 Å². The number of anilines is 1.